The molecule has 2 N–H and O–H groups in total. The molecule has 3 rings (SSSR count). The van der Waals surface area contributed by atoms with Gasteiger partial charge in [-0.05, 0) is 17.7 Å². The van der Waals surface area contributed by atoms with E-state index in [0.29, 0.717) is 6.54 Å². The van der Waals surface area contributed by atoms with Crippen LogP contribution in [-0.2, 0) is 9.47 Å². The van der Waals surface area contributed by atoms with Crippen molar-refractivity contribution in [1.29, 1.82) is 0 Å². The van der Waals surface area contributed by atoms with Gasteiger partial charge in [-0.2, -0.15) is 0 Å². The smallest absolute Gasteiger partial charge is 0.191 e. The van der Waals surface area contributed by atoms with Crippen LogP contribution in [0.1, 0.15) is 18.5 Å². The lowest BCUT2D eigenvalue weighted by molar-refractivity contribution is -0.0971. The number of morpholine rings is 1. The second-order valence-corrected chi connectivity index (χ2v) is 7.33. The first kappa shape index (κ1) is 19.1. The fourth-order valence-electron chi connectivity index (χ4n) is 3.30. The SMILES string of the molecule is CN=C(NCC(c1ccc(F)cc1)N1CCOCC1)NCC1(C)COC1. The number of halogens is 1. The van der Waals surface area contributed by atoms with Gasteiger partial charge in [-0.3, -0.25) is 9.89 Å². The number of benzene rings is 1. The van der Waals surface area contributed by atoms with Crippen LogP contribution in [0.4, 0.5) is 4.39 Å². The first-order chi connectivity index (χ1) is 12.6. The van der Waals surface area contributed by atoms with Crippen LogP contribution in [0.15, 0.2) is 29.3 Å². The Balaban J connectivity index is 1.61. The summed E-state index contributed by atoms with van der Waals surface area (Å²) in [6.45, 7) is 8.46. The van der Waals surface area contributed by atoms with Crippen molar-refractivity contribution in [2.45, 2.75) is 13.0 Å². The molecular formula is C19H29FN4O2. The molecule has 2 aliphatic rings. The highest BCUT2D eigenvalue weighted by atomic mass is 19.1. The molecule has 0 spiro atoms. The first-order valence-corrected chi connectivity index (χ1v) is 9.19. The Morgan fingerprint density at radius 3 is 2.46 bits per heavy atom. The third-order valence-corrected chi connectivity index (χ3v) is 5.01. The predicted octanol–water partition coefficient (Wildman–Crippen LogP) is 1.40. The molecule has 2 fully saturated rings. The van der Waals surface area contributed by atoms with Gasteiger partial charge < -0.3 is 20.1 Å². The molecule has 0 aromatic heterocycles. The molecule has 2 aliphatic heterocycles. The van der Waals surface area contributed by atoms with Gasteiger partial charge in [-0.25, -0.2) is 4.39 Å². The largest absolute Gasteiger partial charge is 0.380 e. The van der Waals surface area contributed by atoms with Crippen molar-refractivity contribution in [3.63, 3.8) is 0 Å². The van der Waals surface area contributed by atoms with Crippen molar-refractivity contribution >= 4 is 5.96 Å². The van der Waals surface area contributed by atoms with Crippen LogP contribution in [-0.4, -0.2) is 70.5 Å². The molecule has 1 atom stereocenters. The lowest BCUT2D eigenvalue weighted by Crippen LogP contribution is -2.52. The Morgan fingerprint density at radius 1 is 1.19 bits per heavy atom. The summed E-state index contributed by atoms with van der Waals surface area (Å²) in [7, 11) is 1.77. The summed E-state index contributed by atoms with van der Waals surface area (Å²) in [4.78, 5) is 6.70. The Hall–Kier alpha value is -1.70. The Bertz CT molecular complexity index is 598. The zero-order valence-electron chi connectivity index (χ0n) is 15.6. The van der Waals surface area contributed by atoms with Crippen molar-refractivity contribution in [3.8, 4) is 0 Å². The lowest BCUT2D eigenvalue weighted by Gasteiger charge is -2.38. The maximum atomic E-state index is 13.3. The molecule has 1 aromatic rings. The lowest BCUT2D eigenvalue weighted by atomic mass is 9.89. The fourth-order valence-corrected chi connectivity index (χ4v) is 3.30. The normalized spacial score (nSPS) is 21.7. The summed E-state index contributed by atoms with van der Waals surface area (Å²) in [6, 6.07) is 6.90. The van der Waals surface area contributed by atoms with Crippen molar-refractivity contribution in [2.24, 2.45) is 10.4 Å². The first-order valence-electron chi connectivity index (χ1n) is 9.19. The summed E-state index contributed by atoms with van der Waals surface area (Å²) < 4.78 is 24.1. The zero-order chi connectivity index (χ0) is 18.4. The van der Waals surface area contributed by atoms with E-state index in [9.17, 15) is 4.39 Å². The Labute approximate surface area is 154 Å². The van der Waals surface area contributed by atoms with Crippen LogP contribution in [0.3, 0.4) is 0 Å². The van der Waals surface area contributed by atoms with E-state index in [0.717, 1.165) is 57.6 Å². The molecule has 7 heteroatoms. The third kappa shape index (κ3) is 4.93. The fraction of sp³-hybridized carbons (Fsp3) is 0.632. The highest BCUT2D eigenvalue weighted by Gasteiger charge is 2.33. The molecule has 26 heavy (non-hydrogen) atoms. The maximum Gasteiger partial charge on any atom is 0.191 e. The number of hydrogen-bond acceptors (Lipinski definition) is 4. The minimum absolute atomic E-state index is 0.140. The second-order valence-electron chi connectivity index (χ2n) is 7.33. The maximum absolute atomic E-state index is 13.3. The summed E-state index contributed by atoms with van der Waals surface area (Å²) in [5.41, 5.74) is 1.27. The molecule has 2 heterocycles. The van der Waals surface area contributed by atoms with Crippen molar-refractivity contribution < 1.29 is 13.9 Å². The van der Waals surface area contributed by atoms with Crippen molar-refractivity contribution in [3.05, 3.63) is 35.6 Å². The summed E-state index contributed by atoms with van der Waals surface area (Å²) in [5.74, 6) is 0.564. The molecule has 0 saturated carbocycles. The molecule has 0 amide bonds. The van der Waals surface area contributed by atoms with E-state index in [1.807, 2.05) is 12.1 Å². The molecule has 144 valence electrons. The minimum atomic E-state index is -0.212. The van der Waals surface area contributed by atoms with E-state index < -0.39 is 0 Å². The molecule has 6 nitrogen and oxygen atoms in total. The van der Waals surface area contributed by atoms with Gasteiger partial charge >= 0.3 is 0 Å². The van der Waals surface area contributed by atoms with E-state index in [-0.39, 0.29) is 17.3 Å². The van der Waals surface area contributed by atoms with Gasteiger partial charge in [0.25, 0.3) is 0 Å². The molecule has 1 aromatic carbocycles. The van der Waals surface area contributed by atoms with E-state index >= 15 is 0 Å². The molecule has 1 unspecified atom stereocenters. The highest BCUT2D eigenvalue weighted by molar-refractivity contribution is 5.79. The van der Waals surface area contributed by atoms with Crippen LogP contribution < -0.4 is 10.6 Å². The van der Waals surface area contributed by atoms with E-state index in [2.05, 4.69) is 27.4 Å². The second kappa shape index (κ2) is 8.79. The number of ether oxygens (including phenoxy) is 2. The van der Waals surface area contributed by atoms with Gasteiger partial charge in [0, 0.05) is 38.6 Å². The van der Waals surface area contributed by atoms with Crippen LogP contribution in [0.5, 0.6) is 0 Å². The predicted molar refractivity (Wildman–Crippen MR) is 99.8 cm³/mol. The van der Waals surface area contributed by atoms with E-state index in [4.69, 9.17) is 9.47 Å². The molecule has 0 bridgehead atoms. The number of nitrogens with one attached hydrogen (secondary N) is 2. The van der Waals surface area contributed by atoms with Crippen LogP contribution in [0.2, 0.25) is 0 Å². The van der Waals surface area contributed by atoms with Crippen LogP contribution >= 0.6 is 0 Å². The van der Waals surface area contributed by atoms with Crippen molar-refractivity contribution in [2.75, 3.05) is 59.7 Å². The monoisotopic (exact) mass is 364 g/mol. The summed E-state index contributed by atoms with van der Waals surface area (Å²) >= 11 is 0. The van der Waals surface area contributed by atoms with E-state index in [1.54, 1.807) is 7.05 Å². The van der Waals surface area contributed by atoms with Gasteiger partial charge in [-0.15, -0.1) is 0 Å². The molecule has 0 aliphatic carbocycles. The minimum Gasteiger partial charge on any atom is -0.380 e. The molecular weight excluding hydrogens is 335 g/mol. The van der Waals surface area contributed by atoms with Gasteiger partial charge in [-0.1, -0.05) is 19.1 Å². The zero-order valence-corrected chi connectivity index (χ0v) is 15.6. The standard InChI is InChI=1S/C19H29FN4O2/c1-19(13-26-14-19)12-23-18(21-2)22-11-17(24-7-9-25-10-8-24)15-3-5-16(20)6-4-15/h3-6,17H,7-14H2,1-2H3,(H2,21,22,23). The van der Waals surface area contributed by atoms with Crippen molar-refractivity contribution in [1.82, 2.24) is 15.5 Å². The van der Waals surface area contributed by atoms with Gasteiger partial charge in [0.1, 0.15) is 5.82 Å². The summed E-state index contributed by atoms with van der Waals surface area (Å²) in [6.07, 6.45) is 0. The quantitative estimate of drug-likeness (QED) is 0.590. The molecule has 2 saturated heterocycles. The molecule has 0 radical (unpaired) electrons. The van der Waals surface area contributed by atoms with Gasteiger partial charge in [0.2, 0.25) is 0 Å². The number of aliphatic imine (C=N–C) groups is 1. The topological polar surface area (TPSA) is 58.1 Å². The Morgan fingerprint density at radius 2 is 1.88 bits per heavy atom. The number of guanidine groups is 1. The van der Waals surface area contributed by atoms with Crippen LogP contribution in [0, 0.1) is 11.2 Å². The number of rotatable bonds is 6. The number of nitrogens with zero attached hydrogens (tertiary/aromatic N) is 2. The van der Waals surface area contributed by atoms with Gasteiger partial charge in [0.15, 0.2) is 5.96 Å². The highest BCUT2D eigenvalue weighted by Crippen LogP contribution is 2.25. The average Bonchev–Trinajstić information content (AvgIpc) is 2.65. The van der Waals surface area contributed by atoms with Crippen LogP contribution in [0.25, 0.3) is 0 Å². The van der Waals surface area contributed by atoms with E-state index in [1.165, 1.54) is 12.1 Å². The third-order valence-electron chi connectivity index (χ3n) is 5.01. The Kier molecular flexibility index (Phi) is 6.45. The average molecular weight is 364 g/mol. The summed E-state index contributed by atoms with van der Waals surface area (Å²) in [5, 5.41) is 6.81. The number of hydrogen-bond donors (Lipinski definition) is 2. The van der Waals surface area contributed by atoms with Gasteiger partial charge in [0.05, 0.1) is 32.5 Å².